The Morgan fingerprint density at radius 2 is 2.57 bits per heavy atom. The lowest BCUT2D eigenvalue weighted by atomic mass is 10.3. The van der Waals surface area contributed by atoms with Crippen molar-refractivity contribution in [2.24, 2.45) is 0 Å². The Morgan fingerprint density at radius 3 is 2.71 bits per heavy atom. The second-order valence-electron chi connectivity index (χ2n) is 1.80. The maximum atomic E-state index is 5.01. The zero-order valence-electron chi connectivity index (χ0n) is 4.36. The van der Waals surface area contributed by atoms with Gasteiger partial charge in [-0.2, -0.15) is 0 Å². The number of ether oxygens (including phenoxy) is 1. The largest absolute Gasteiger partial charge is 0.372 e. The highest BCUT2D eigenvalue weighted by molar-refractivity contribution is 9.09. The predicted octanol–water partition coefficient (Wildman–Crippen LogP) is 1.56. The van der Waals surface area contributed by atoms with Crippen molar-refractivity contribution in [3.8, 4) is 0 Å². The van der Waals surface area contributed by atoms with E-state index in [9.17, 15) is 0 Å². The summed E-state index contributed by atoms with van der Waals surface area (Å²) < 4.78 is 5.01. The molecule has 0 aromatic heterocycles. The van der Waals surface area contributed by atoms with Gasteiger partial charge in [0, 0.05) is 4.83 Å². The predicted molar refractivity (Wildman–Crippen MR) is 32.7 cm³/mol. The first kappa shape index (κ1) is 5.57. The molecule has 2 atom stereocenters. The topological polar surface area (TPSA) is 12.5 Å². The van der Waals surface area contributed by atoms with E-state index in [0.717, 1.165) is 6.61 Å². The first-order valence-corrected chi connectivity index (χ1v) is 3.52. The van der Waals surface area contributed by atoms with Crippen LogP contribution in [0.15, 0.2) is 0 Å². The molecule has 0 bridgehead atoms. The molecule has 0 unspecified atom stereocenters. The Hall–Kier alpha value is 0.440. The van der Waals surface area contributed by atoms with Crippen LogP contribution in [0.4, 0.5) is 0 Å². The fraction of sp³-hybridized carbons (Fsp3) is 1.00. The molecule has 1 nitrogen and oxygen atoms in total. The minimum atomic E-state index is 0.532. The van der Waals surface area contributed by atoms with E-state index in [1.807, 2.05) is 0 Å². The van der Waals surface area contributed by atoms with E-state index >= 15 is 0 Å². The van der Waals surface area contributed by atoms with E-state index in [4.69, 9.17) is 4.74 Å². The Bertz CT molecular complexity index is 61.1. The van der Waals surface area contributed by atoms with E-state index in [2.05, 4.69) is 22.9 Å². The molecule has 0 aliphatic carbocycles. The molecule has 2 heteroatoms. The standard InChI is InChI=1S/C5H9BrO/c1-2-4(6)5-3-7-5/h4-5H,2-3H2,1H3/t4-,5-/m0/s1. The number of alkyl halides is 1. The highest BCUT2D eigenvalue weighted by atomic mass is 79.9. The lowest BCUT2D eigenvalue weighted by Gasteiger charge is -1.96. The van der Waals surface area contributed by atoms with Gasteiger partial charge in [-0.25, -0.2) is 0 Å². The lowest BCUT2D eigenvalue weighted by Crippen LogP contribution is -2.02. The van der Waals surface area contributed by atoms with Crippen molar-refractivity contribution in [1.82, 2.24) is 0 Å². The van der Waals surface area contributed by atoms with Crippen molar-refractivity contribution >= 4 is 15.9 Å². The average molecular weight is 165 g/mol. The van der Waals surface area contributed by atoms with Crippen molar-refractivity contribution in [3.05, 3.63) is 0 Å². The molecule has 1 saturated heterocycles. The summed E-state index contributed by atoms with van der Waals surface area (Å²) >= 11 is 3.48. The average Bonchev–Trinajstić information content (AvgIpc) is 2.44. The number of halogens is 1. The Kier molecular flexibility index (Phi) is 1.70. The van der Waals surface area contributed by atoms with E-state index in [1.54, 1.807) is 0 Å². The molecule has 0 amide bonds. The van der Waals surface area contributed by atoms with Gasteiger partial charge in [0.25, 0.3) is 0 Å². The molecule has 0 N–H and O–H groups in total. The van der Waals surface area contributed by atoms with Crippen LogP contribution in [0.25, 0.3) is 0 Å². The summed E-state index contributed by atoms with van der Waals surface area (Å²) in [5.41, 5.74) is 0. The monoisotopic (exact) mass is 164 g/mol. The summed E-state index contributed by atoms with van der Waals surface area (Å²) in [6.07, 6.45) is 1.70. The smallest absolute Gasteiger partial charge is 0.0934 e. The van der Waals surface area contributed by atoms with Crippen molar-refractivity contribution in [2.75, 3.05) is 6.61 Å². The summed E-state index contributed by atoms with van der Waals surface area (Å²) in [6.45, 7) is 3.12. The van der Waals surface area contributed by atoms with Crippen LogP contribution >= 0.6 is 15.9 Å². The summed E-state index contributed by atoms with van der Waals surface area (Å²) in [5.74, 6) is 0. The zero-order chi connectivity index (χ0) is 5.28. The Morgan fingerprint density at radius 1 is 2.00 bits per heavy atom. The fourth-order valence-electron chi connectivity index (χ4n) is 0.527. The number of hydrogen-bond donors (Lipinski definition) is 0. The Labute approximate surface area is 52.2 Å². The molecule has 1 heterocycles. The SMILES string of the molecule is CC[C@H](Br)[C@@H]1CO1. The van der Waals surface area contributed by atoms with Crippen molar-refractivity contribution in [1.29, 1.82) is 0 Å². The van der Waals surface area contributed by atoms with E-state index in [0.29, 0.717) is 10.9 Å². The molecule has 0 radical (unpaired) electrons. The summed E-state index contributed by atoms with van der Waals surface area (Å²) in [5, 5.41) is 0. The third-order valence-corrected chi connectivity index (χ3v) is 2.39. The molecule has 0 spiro atoms. The minimum absolute atomic E-state index is 0.532. The number of rotatable bonds is 2. The molecule has 7 heavy (non-hydrogen) atoms. The van der Waals surface area contributed by atoms with E-state index in [1.165, 1.54) is 6.42 Å². The number of epoxide rings is 1. The first-order valence-electron chi connectivity index (χ1n) is 2.60. The number of hydrogen-bond acceptors (Lipinski definition) is 1. The normalized spacial score (nSPS) is 32.6. The second kappa shape index (κ2) is 2.14. The summed E-state index contributed by atoms with van der Waals surface area (Å²) in [6, 6.07) is 0. The zero-order valence-corrected chi connectivity index (χ0v) is 5.94. The van der Waals surface area contributed by atoms with Gasteiger partial charge in [0.05, 0.1) is 12.7 Å². The lowest BCUT2D eigenvalue weighted by molar-refractivity contribution is 0.402. The van der Waals surface area contributed by atoms with Crippen molar-refractivity contribution in [3.63, 3.8) is 0 Å². The first-order chi connectivity index (χ1) is 3.34. The van der Waals surface area contributed by atoms with Gasteiger partial charge in [0.15, 0.2) is 0 Å². The highest BCUT2D eigenvalue weighted by Gasteiger charge is 2.28. The third-order valence-electron chi connectivity index (χ3n) is 1.15. The highest BCUT2D eigenvalue weighted by Crippen LogP contribution is 2.22. The van der Waals surface area contributed by atoms with Gasteiger partial charge in [0.2, 0.25) is 0 Å². The molecular formula is C5H9BrO. The maximum absolute atomic E-state index is 5.01. The minimum Gasteiger partial charge on any atom is -0.372 e. The van der Waals surface area contributed by atoms with Gasteiger partial charge in [0.1, 0.15) is 0 Å². The van der Waals surface area contributed by atoms with Crippen LogP contribution in [-0.2, 0) is 4.74 Å². The molecule has 0 saturated carbocycles. The summed E-state index contributed by atoms with van der Waals surface area (Å²) in [7, 11) is 0. The van der Waals surface area contributed by atoms with Gasteiger partial charge in [-0.15, -0.1) is 0 Å². The molecule has 1 aliphatic rings. The van der Waals surface area contributed by atoms with Gasteiger partial charge in [-0.05, 0) is 6.42 Å². The molecule has 0 aromatic carbocycles. The van der Waals surface area contributed by atoms with Crippen LogP contribution in [-0.4, -0.2) is 17.5 Å². The summed E-state index contributed by atoms with van der Waals surface area (Å²) in [4.78, 5) is 0.604. The van der Waals surface area contributed by atoms with Gasteiger partial charge in [-0.1, -0.05) is 22.9 Å². The van der Waals surface area contributed by atoms with Crippen LogP contribution in [0.3, 0.4) is 0 Å². The molecule has 1 aliphatic heterocycles. The van der Waals surface area contributed by atoms with Crippen molar-refractivity contribution in [2.45, 2.75) is 24.3 Å². The molecular weight excluding hydrogens is 156 g/mol. The third kappa shape index (κ3) is 1.42. The molecule has 1 fully saturated rings. The van der Waals surface area contributed by atoms with Crippen LogP contribution < -0.4 is 0 Å². The molecule has 42 valence electrons. The van der Waals surface area contributed by atoms with Gasteiger partial charge >= 0.3 is 0 Å². The van der Waals surface area contributed by atoms with E-state index < -0.39 is 0 Å². The molecule has 0 aromatic rings. The van der Waals surface area contributed by atoms with Crippen LogP contribution in [0.5, 0.6) is 0 Å². The Balaban J connectivity index is 2.10. The quantitative estimate of drug-likeness (QED) is 0.446. The van der Waals surface area contributed by atoms with Gasteiger partial charge in [-0.3, -0.25) is 0 Å². The van der Waals surface area contributed by atoms with Crippen LogP contribution in [0.2, 0.25) is 0 Å². The van der Waals surface area contributed by atoms with Crippen LogP contribution in [0.1, 0.15) is 13.3 Å². The maximum Gasteiger partial charge on any atom is 0.0934 e. The second-order valence-corrected chi connectivity index (χ2v) is 2.97. The van der Waals surface area contributed by atoms with Crippen molar-refractivity contribution < 1.29 is 4.74 Å². The fourth-order valence-corrected chi connectivity index (χ4v) is 0.832. The molecule has 1 rings (SSSR count). The van der Waals surface area contributed by atoms with Crippen LogP contribution in [0, 0.1) is 0 Å². The van der Waals surface area contributed by atoms with E-state index in [-0.39, 0.29) is 0 Å². The van der Waals surface area contributed by atoms with Gasteiger partial charge < -0.3 is 4.74 Å².